The quantitative estimate of drug-likeness (QED) is 0.261. The SMILES string of the molecule is C=C(C)C(=O)OCCCCP(=O)(CCC)CCC. The Morgan fingerprint density at radius 1 is 1.11 bits per heavy atom. The fourth-order valence-electron chi connectivity index (χ4n) is 1.94. The summed E-state index contributed by atoms with van der Waals surface area (Å²) in [7, 11) is -1.96. The van der Waals surface area contributed by atoms with E-state index >= 15 is 0 Å². The van der Waals surface area contributed by atoms with Gasteiger partial charge in [0.15, 0.2) is 0 Å². The van der Waals surface area contributed by atoms with Gasteiger partial charge in [0.25, 0.3) is 0 Å². The Hall–Kier alpha value is -0.560. The molecule has 0 saturated heterocycles. The van der Waals surface area contributed by atoms with Crippen LogP contribution in [0.5, 0.6) is 0 Å². The number of esters is 1. The van der Waals surface area contributed by atoms with Crippen LogP contribution >= 0.6 is 7.14 Å². The zero-order valence-electron chi connectivity index (χ0n) is 12.0. The van der Waals surface area contributed by atoms with E-state index in [1.54, 1.807) is 6.92 Å². The largest absolute Gasteiger partial charge is 0.462 e. The van der Waals surface area contributed by atoms with Crippen molar-refractivity contribution in [3.05, 3.63) is 12.2 Å². The molecule has 0 aliphatic rings. The molecule has 0 aromatic rings. The zero-order chi connectivity index (χ0) is 14.0. The summed E-state index contributed by atoms with van der Waals surface area (Å²) in [5.41, 5.74) is 0.428. The molecule has 0 amide bonds. The molecule has 0 aromatic carbocycles. The van der Waals surface area contributed by atoms with Crippen molar-refractivity contribution in [2.24, 2.45) is 0 Å². The van der Waals surface area contributed by atoms with Gasteiger partial charge in [0.05, 0.1) is 13.7 Å². The Morgan fingerprint density at radius 3 is 2.11 bits per heavy atom. The summed E-state index contributed by atoms with van der Waals surface area (Å²) in [6, 6.07) is 0. The summed E-state index contributed by atoms with van der Waals surface area (Å²) in [5, 5.41) is 0. The highest BCUT2D eigenvalue weighted by molar-refractivity contribution is 7.63. The second-order valence-corrected chi connectivity index (χ2v) is 8.31. The predicted octanol–water partition coefficient (Wildman–Crippen LogP) is 4.07. The van der Waals surface area contributed by atoms with Gasteiger partial charge in [0.2, 0.25) is 0 Å². The van der Waals surface area contributed by atoms with Crippen molar-refractivity contribution in [3.8, 4) is 0 Å². The molecule has 18 heavy (non-hydrogen) atoms. The third kappa shape index (κ3) is 7.71. The van der Waals surface area contributed by atoms with Crippen molar-refractivity contribution in [2.45, 2.75) is 46.5 Å². The molecule has 106 valence electrons. The lowest BCUT2D eigenvalue weighted by Gasteiger charge is -2.16. The van der Waals surface area contributed by atoms with Gasteiger partial charge in [-0.05, 0) is 32.6 Å². The van der Waals surface area contributed by atoms with Gasteiger partial charge >= 0.3 is 5.97 Å². The second kappa shape index (κ2) is 9.38. The summed E-state index contributed by atoms with van der Waals surface area (Å²) in [5.74, 6) is -0.333. The summed E-state index contributed by atoms with van der Waals surface area (Å²) in [6.07, 6.45) is 6.14. The van der Waals surface area contributed by atoms with Gasteiger partial charge in [0.1, 0.15) is 0 Å². The standard InChI is InChI=1S/C14H27O3P/c1-5-10-18(16,11-6-2)12-8-7-9-17-14(15)13(3)4/h3,5-12H2,1-2,4H3. The molecular formula is C14H27O3P. The van der Waals surface area contributed by atoms with E-state index in [0.717, 1.165) is 44.2 Å². The third-order valence-corrected chi connectivity index (χ3v) is 6.46. The monoisotopic (exact) mass is 274 g/mol. The first-order chi connectivity index (χ1) is 8.45. The molecule has 0 atom stereocenters. The lowest BCUT2D eigenvalue weighted by Crippen LogP contribution is -2.07. The molecule has 0 bridgehead atoms. The van der Waals surface area contributed by atoms with E-state index in [1.807, 2.05) is 0 Å². The lowest BCUT2D eigenvalue weighted by atomic mass is 10.3. The van der Waals surface area contributed by atoms with E-state index in [2.05, 4.69) is 20.4 Å². The van der Waals surface area contributed by atoms with Gasteiger partial charge in [-0.2, -0.15) is 0 Å². The number of hydrogen-bond acceptors (Lipinski definition) is 3. The van der Waals surface area contributed by atoms with Crippen LogP contribution < -0.4 is 0 Å². The Kier molecular flexibility index (Phi) is 9.09. The molecule has 0 radical (unpaired) electrons. The van der Waals surface area contributed by atoms with Crippen molar-refractivity contribution in [1.82, 2.24) is 0 Å². The fraction of sp³-hybridized carbons (Fsp3) is 0.786. The highest BCUT2D eigenvalue weighted by atomic mass is 31.2. The van der Waals surface area contributed by atoms with E-state index in [-0.39, 0.29) is 5.97 Å². The maximum atomic E-state index is 12.5. The molecule has 0 aliphatic carbocycles. The van der Waals surface area contributed by atoms with Crippen molar-refractivity contribution < 1.29 is 14.1 Å². The van der Waals surface area contributed by atoms with Crippen LogP contribution in [0.2, 0.25) is 0 Å². The molecule has 0 aliphatic heterocycles. The minimum atomic E-state index is -1.96. The van der Waals surface area contributed by atoms with Crippen LogP contribution in [0.3, 0.4) is 0 Å². The average molecular weight is 274 g/mol. The number of rotatable bonds is 10. The molecule has 0 spiro atoms. The Bertz CT molecular complexity index is 300. The number of hydrogen-bond donors (Lipinski definition) is 0. The number of carbonyl (C=O) groups excluding carboxylic acids is 1. The molecule has 4 heteroatoms. The Morgan fingerprint density at radius 2 is 1.67 bits per heavy atom. The first-order valence-corrected chi connectivity index (χ1v) is 9.11. The van der Waals surface area contributed by atoms with E-state index in [9.17, 15) is 9.36 Å². The van der Waals surface area contributed by atoms with Gasteiger partial charge in [-0.3, -0.25) is 0 Å². The summed E-state index contributed by atoms with van der Waals surface area (Å²) < 4.78 is 17.5. The fourth-order valence-corrected chi connectivity index (χ4v) is 5.04. The highest BCUT2D eigenvalue weighted by Crippen LogP contribution is 2.47. The topological polar surface area (TPSA) is 43.4 Å². The van der Waals surface area contributed by atoms with E-state index in [0.29, 0.717) is 12.2 Å². The number of unbranched alkanes of at least 4 members (excludes halogenated alkanes) is 1. The normalized spacial score (nSPS) is 11.3. The van der Waals surface area contributed by atoms with Crippen LogP contribution in [0.25, 0.3) is 0 Å². The van der Waals surface area contributed by atoms with Crippen LogP contribution in [0.1, 0.15) is 46.5 Å². The van der Waals surface area contributed by atoms with E-state index < -0.39 is 7.14 Å². The van der Waals surface area contributed by atoms with Crippen molar-refractivity contribution >= 4 is 13.1 Å². The first-order valence-electron chi connectivity index (χ1n) is 6.85. The minimum Gasteiger partial charge on any atom is -0.462 e. The van der Waals surface area contributed by atoms with Crippen LogP contribution in [-0.2, 0) is 14.1 Å². The molecular weight excluding hydrogens is 247 g/mol. The minimum absolute atomic E-state index is 0.333. The maximum Gasteiger partial charge on any atom is 0.333 e. The van der Waals surface area contributed by atoms with Gasteiger partial charge in [0, 0.05) is 24.1 Å². The second-order valence-electron chi connectivity index (χ2n) is 4.85. The summed E-state index contributed by atoms with van der Waals surface area (Å²) in [6.45, 7) is 9.73. The molecule has 0 N–H and O–H groups in total. The Labute approximate surface area is 111 Å². The van der Waals surface area contributed by atoms with Crippen LogP contribution in [0.4, 0.5) is 0 Å². The van der Waals surface area contributed by atoms with Crippen molar-refractivity contribution in [3.63, 3.8) is 0 Å². The van der Waals surface area contributed by atoms with Gasteiger partial charge in [-0.15, -0.1) is 0 Å². The Balaban J connectivity index is 3.84. The zero-order valence-corrected chi connectivity index (χ0v) is 12.9. The van der Waals surface area contributed by atoms with Gasteiger partial charge < -0.3 is 9.30 Å². The average Bonchev–Trinajstić information content (AvgIpc) is 2.28. The van der Waals surface area contributed by atoms with E-state index in [1.165, 1.54) is 0 Å². The van der Waals surface area contributed by atoms with Gasteiger partial charge in [-0.25, -0.2) is 4.79 Å². The van der Waals surface area contributed by atoms with Crippen molar-refractivity contribution in [1.29, 1.82) is 0 Å². The highest BCUT2D eigenvalue weighted by Gasteiger charge is 2.18. The molecule has 3 nitrogen and oxygen atoms in total. The molecule has 0 aromatic heterocycles. The van der Waals surface area contributed by atoms with Crippen LogP contribution in [0.15, 0.2) is 12.2 Å². The van der Waals surface area contributed by atoms with Crippen molar-refractivity contribution in [2.75, 3.05) is 25.1 Å². The lowest BCUT2D eigenvalue weighted by molar-refractivity contribution is -0.139. The predicted molar refractivity (Wildman–Crippen MR) is 77.8 cm³/mol. The van der Waals surface area contributed by atoms with Crippen LogP contribution in [-0.4, -0.2) is 31.1 Å². The maximum absolute atomic E-state index is 12.5. The molecule has 0 unspecified atom stereocenters. The molecule has 0 fully saturated rings. The third-order valence-electron chi connectivity index (χ3n) is 2.80. The van der Waals surface area contributed by atoms with Gasteiger partial charge in [-0.1, -0.05) is 20.4 Å². The first kappa shape index (κ1) is 17.4. The smallest absolute Gasteiger partial charge is 0.333 e. The molecule has 0 rings (SSSR count). The molecule has 0 heterocycles. The summed E-state index contributed by atoms with van der Waals surface area (Å²) >= 11 is 0. The number of ether oxygens (including phenoxy) is 1. The summed E-state index contributed by atoms with van der Waals surface area (Å²) in [4.78, 5) is 11.1. The number of carbonyl (C=O) groups is 1. The van der Waals surface area contributed by atoms with Crippen LogP contribution in [0, 0.1) is 0 Å². The molecule has 0 saturated carbocycles. The van der Waals surface area contributed by atoms with E-state index in [4.69, 9.17) is 4.74 Å².